The Bertz CT molecular complexity index is 496. The molecule has 0 aliphatic heterocycles. The van der Waals surface area contributed by atoms with Crippen LogP contribution in [0, 0.1) is 13.8 Å². The molecule has 0 amide bonds. The summed E-state index contributed by atoms with van der Waals surface area (Å²) in [5, 5.41) is 11.6. The molecule has 1 unspecified atom stereocenters. The van der Waals surface area contributed by atoms with Gasteiger partial charge in [-0.2, -0.15) is 0 Å². The molecule has 0 radical (unpaired) electrons. The number of nitrogens with one attached hydrogen (secondary N) is 1. The fraction of sp³-hybridized carbons (Fsp3) is 0.429. The summed E-state index contributed by atoms with van der Waals surface area (Å²) in [4.78, 5) is 23.2. The molecule has 0 spiro atoms. The van der Waals surface area contributed by atoms with Gasteiger partial charge < -0.3 is 15.2 Å². The Morgan fingerprint density at radius 3 is 2.47 bits per heavy atom. The maximum absolute atomic E-state index is 12.4. The van der Waals surface area contributed by atoms with Crippen LogP contribution in [-0.4, -0.2) is 37.1 Å². The summed E-state index contributed by atoms with van der Waals surface area (Å²) < 4.78 is 5.26. The third kappa shape index (κ3) is 3.54. The monoisotopic (exact) mass is 265 g/mol. The van der Waals surface area contributed by atoms with Gasteiger partial charge in [0.15, 0.2) is 5.78 Å². The fourth-order valence-corrected chi connectivity index (χ4v) is 2.10. The van der Waals surface area contributed by atoms with Crippen LogP contribution < -0.4 is 10.1 Å². The Balaban J connectivity index is 3.20. The molecule has 0 aliphatic rings. The van der Waals surface area contributed by atoms with E-state index in [1.54, 1.807) is 13.1 Å². The number of methoxy groups -OCH3 is 1. The van der Waals surface area contributed by atoms with Crippen LogP contribution in [0.5, 0.6) is 5.75 Å². The second-order valence-corrected chi connectivity index (χ2v) is 4.47. The predicted octanol–water partition coefficient (Wildman–Crippen LogP) is 1.56. The lowest BCUT2D eigenvalue weighted by Gasteiger charge is -2.17. The number of rotatable bonds is 6. The van der Waals surface area contributed by atoms with Crippen molar-refractivity contribution >= 4 is 11.8 Å². The maximum Gasteiger partial charge on any atom is 0.305 e. The van der Waals surface area contributed by atoms with Crippen molar-refractivity contribution < 1.29 is 19.4 Å². The molecule has 104 valence electrons. The molecular formula is C14H19NO4. The molecule has 0 saturated carbocycles. The molecule has 0 heterocycles. The zero-order valence-corrected chi connectivity index (χ0v) is 11.6. The molecule has 0 aliphatic carbocycles. The average Bonchev–Trinajstić information content (AvgIpc) is 2.34. The van der Waals surface area contributed by atoms with Crippen LogP contribution in [0.15, 0.2) is 12.1 Å². The summed E-state index contributed by atoms with van der Waals surface area (Å²) in [5.41, 5.74) is 2.21. The molecule has 1 atom stereocenters. The topological polar surface area (TPSA) is 75.6 Å². The fourth-order valence-electron chi connectivity index (χ4n) is 2.10. The summed E-state index contributed by atoms with van der Waals surface area (Å²) in [7, 11) is 3.07. The van der Waals surface area contributed by atoms with Gasteiger partial charge in [0.1, 0.15) is 5.75 Å². The Labute approximate surface area is 112 Å². The summed E-state index contributed by atoms with van der Waals surface area (Å²) in [6.45, 7) is 3.74. The van der Waals surface area contributed by atoms with Gasteiger partial charge in [0.2, 0.25) is 0 Å². The van der Waals surface area contributed by atoms with Crippen LogP contribution in [0.3, 0.4) is 0 Å². The highest BCUT2D eigenvalue weighted by Gasteiger charge is 2.24. The van der Waals surface area contributed by atoms with Crippen molar-refractivity contribution in [3.63, 3.8) is 0 Å². The quantitative estimate of drug-likeness (QED) is 0.763. The molecule has 5 nitrogen and oxygen atoms in total. The van der Waals surface area contributed by atoms with Gasteiger partial charge >= 0.3 is 5.97 Å². The minimum atomic E-state index is -1.02. The SMILES string of the molecule is CNC(CC(=O)O)C(=O)c1cc(C)cc(C)c1OC. The van der Waals surface area contributed by atoms with E-state index in [1.165, 1.54) is 7.11 Å². The van der Waals surface area contributed by atoms with Gasteiger partial charge in [0, 0.05) is 0 Å². The third-order valence-corrected chi connectivity index (χ3v) is 2.93. The lowest BCUT2D eigenvalue weighted by Crippen LogP contribution is -2.36. The highest BCUT2D eigenvalue weighted by atomic mass is 16.5. The van der Waals surface area contributed by atoms with E-state index in [4.69, 9.17) is 9.84 Å². The highest BCUT2D eigenvalue weighted by molar-refractivity contribution is 6.04. The van der Waals surface area contributed by atoms with E-state index in [-0.39, 0.29) is 12.2 Å². The predicted molar refractivity (Wildman–Crippen MR) is 71.9 cm³/mol. The van der Waals surface area contributed by atoms with Crippen molar-refractivity contribution in [2.45, 2.75) is 26.3 Å². The second kappa shape index (κ2) is 6.33. The minimum Gasteiger partial charge on any atom is -0.496 e. The van der Waals surface area contributed by atoms with Gasteiger partial charge in [-0.15, -0.1) is 0 Å². The van der Waals surface area contributed by atoms with Gasteiger partial charge in [-0.1, -0.05) is 6.07 Å². The Kier molecular flexibility index (Phi) is 5.06. The van der Waals surface area contributed by atoms with Crippen LogP contribution in [-0.2, 0) is 4.79 Å². The van der Waals surface area contributed by atoms with Crippen molar-refractivity contribution in [2.24, 2.45) is 0 Å². The van der Waals surface area contributed by atoms with Gasteiger partial charge in [-0.05, 0) is 38.1 Å². The summed E-state index contributed by atoms with van der Waals surface area (Å²) in [6.07, 6.45) is -0.258. The molecule has 1 aromatic rings. The Morgan fingerprint density at radius 2 is 2.00 bits per heavy atom. The summed E-state index contributed by atoms with van der Waals surface area (Å²) in [6, 6.07) is 2.88. The first kappa shape index (κ1) is 15.2. The van der Waals surface area contributed by atoms with Crippen LogP contribution in [0.2, 0.25) is 0 Å². The molecule has 5 heteroatoms. The van der Waals surface area contributed by atoms with Crippen LogP contribution in [0.4, 0.5) is 0 Å². The summed E-state index contributed by atoms with van der Waals surface area (Å²) in [5.74, 6) is -0.786. The van der Waals surface area contributed by atoms with E-state index in [2.05, 4.69) is 5.32 Å². The average molecular weight is 265 g/mol. The minimum absolute atomic E-state index is 0.258. The van der Waals surface area contributed by atoms with Crippen molar-refractivity contribution in [2.75, 3.05) is 14.2 Å². The number of carbonyl (C=O) groups is 2. The van der Waals surface area contributed by atoms with E-state index in [0.717, 1.165) is 11.1 Å². The number of likely N-dealkylation sites (N-methyl/N-ethyl adjacent to an activating group) is 1. The third-order valence-electron chi connectivity index (χ3n) is 2.93. The number of Topliss-reactive ketones (excluding diaryl/α,β-unsaturated/α-hetero) is 1. The van der Waals surface area contributed by atoms with E-state index in [0.29, 0.717) is 11.3 Å². The molecule has 0 aromatic heterocycles. The normalized spacial score (nSPS) is 12.0. The number of carboxylic acid groups (broad SMARTS) is 1. The lowest BCUT2D eigenvalue weighted by atomic mass is 9.97. The molecule has 1 rings (SSSR count). The van der Waals surface area contributed by atoms with Gasteiger partial charge in [-0.3, -0.25) is 9.59 Å². The molecule has 0 bridgehead atoms. The zero-order valence-electron chi connectivity index (χ0n) is 11.6. The van der Waals surface area contributed by atoms with Crippen molar-refractivity contribution in [1.82, 2.24) is 5.32 Å². The molecule has 1 aromatic carbocycles. The number of ether oxygens (including phenoxy) is 1. The molecular weight excluding hydrogens is 246 g/mol. The van der Waals surface area contributed by atoms with Crippen LogP contribution in [0.1, 0.15) is 27.9 Å². The number of hydrogen-bond acceptors (Lipinski definition) is 4. The van der Waals surface area contributed by atoms with E-state index in [9.17, 15) is 9.59 Å². The first-order valence-corrected chi connectivity index (χ1v) is 5.99. The Hall–Kier alpha value is -1.88. The van der Waals surface area contributed by atoms with E-state index in [1.807, 2.05) is 19.9 Å². The number of hydrogen-bond donors (Lipinski definition) is 2. The van der Waals surface area contributed by atoms with Gasteiger partial charge in [-0.25, -0.2) is 0 Å². The number of aryl methyl sites for hydroxylation is 2. The first-order valence-electron chi connectivity index (χ1n) is 5.99. The molecule has 0 fully saturated rings. The molecule has 0 saturated heterocycles. The van der Waals surface area contributed by atoms with Gasteiger partial charge in [0.05, 0.1) is 25.1 Å². The van der Waals surface area contributed by atoms with Gasteiger partial charge in [0.25, 0.3) is 0 Å². The summed E-state index contributed by atoms with van der Waals surface area (Å²) >= 11 is 0. The number of aliphatic carboxylic acids is 1. The van der Waals surface area contributed by atoms with Crippen LogP contribution in [0.25, 0.3) is 0 Å². The molecule has 2 N–H and O–H groups in total. The Morgan fingerprint density at radius 1 is 1.37 bits per heavy atom. The van der Waals surface area contributed by atoms with E-state index < -0.39 is 12.0 Å². The zero-order chi connectivity index (χ0) is 14.6. The standard InChI is InChI=1S/C14H19NO4/c1-8-5-9(2)14(19-4)10(6-8)13(18)11(15-3)7-12(16)17/h5-6,11,15H,7H2,1-4H3,(H,16,17). The largest absolute Gasteiger partial charge is 0.496 e. The van der Waals surface area contributed by atoms with Crippen LogP contribution >= 0.6 is 0 Å². The first-order chi connectivity index (χ1) is 8.90. The van der Waals surface area contributed by atoms with Crippen molar-refractivity contribution in [1.29, 1.82) is 0 Å². The smallest absolute Gasteiger partial charge is 0.305 e. The number of ketones is 1. The number of carboxylic acids is 1. The van der Waals surface area contributed by atoms with E-state index >= 15 is 0 Å². The lowest BCUT2D eigenvalue weighted by molar-refractivity contribution is -0.137. The highest BCUT2D eigenvalue weighted by Crippen LogP contribution is 2.26. The second-order valence-electron chi connectivity index (χ2n) is 4.47. The number of benzene rings is 1. The van der Waals surface area contributed by atoms with Crippen molar-refractivity contribution in [3.05, 3.63) is 28.8 Å². The maximum atomic E-state index is 12.4. The number of carbonyl (C=O) groups excluding carboxylic acids is 1. The van der Waals surface area contributed by atoms with Crippen molar-refractivity contribution in [3.8, 4) is 5.75 Å². The molecule has 19 heavy (non-hydrogen) atoms.